The number of anilines is 1. The van der Waals surface area contributed by atoms with Crippen LogP contribution in [0.2, 0.25) is 0 Å². The van der Waals surface area contributed by atoms with E-state index in [0.717, 1.165) is 0 Å². The number of aromatic nitrogens is 2. The summed E-state index contributed by atoms with van der Waals surface area (Å²) in [5.74, 6) is 0.110. The fourth-order valence-corrected chi connectivity index (χ4v) is 3.07. The molecular formula is C11H18N5O8P. The van der Waals surface area contributed by atoms with E-state index in [9.17, 15) is 19.9 Å². The average molecular weight is 379 g/mol. The number of phosphoric acid groups is 1. The maximum Gasteiger partial charge on any atom is 0.469 e. The molecule has 8 N–H and O–H groups in total. The molecule has 1 fully saturated rings. The predicted molar refractivity (Wildman–Crippen MR) is 81.0 cm³/mol. The van der Waals surface area contributed by atoms with Crippen LogP contribution in [0.25, 0.3) is 0 Å². The van der Waals surface area contributed by atoms with Gasteiger partial charge in [0.1, 0.15) is 29.8 Å². The molecule has 2 aliphatic rings. The van der Waals surface area contributed by atoms with Crippen LogP contribution in [0.15, 0.2) is 11.3 Å². The quantitative estimate of drug-likeness (QED) is 0.273. The number of aliphatic hydroxyl groups excluding tert-OH is 2. The summed E-state index contributed by atoms with van der Waals surface area (Å²) in [6.45, 7) is 0.735. The van der Waals surface area contributed by atoms with Crippen molar-refractivity contribution in [1.29, 1.82) is 0 Å². The third-order valence-electron chi connectivity index (χ3n) is 3.85. The van der Waals surface area contributed by atoms with Crippen LogP contribution in [0.1, 0.15) is 18.8 Å². The Kier molecular flexibility index (Phi) is 4.38. The summed E-state index contributed by atoms with van der Waals surface area (Å²) in [6.07, 6.45) is -4.03. The number of guanidine groups is 1. The van der Waals surface area contributed by atoms with Crippen molar-refractivity contribution < 1.29 is 38.9 Å². The summed E-state index contributed by atoms with van der Waals surface area (Å²) in [5.41, 5.74) is 4.05. The van der Waals surface area contributed by atoms with E-state index >= 15 is 0 Å². The van der Waals surface area contributed by atoms with Crippen LogP contribution in [-0.2, 0) is 19.6 Å². The number of aliphatic hydroxyl groups is 3. The molecule has 0 radical (unpaired) electrons. The fourth-order valence-electron chi connectivity index (χ4n) is 2.73. The Morgan fingerprint density at radius 1 is 1.48 bits per heavy atom. The number of fused-ring (bicyclic) bond motifs is 1. The van der Waals surface area contributed by atoms with Crippen LogP contribution in [-0.4, -0.2) is 65.5 Å². The largest absolute Gasteiger partial charge is 0.469 e. The van der Waals surface area contributed by atoms with Gasteiger partial charge in [-0.15, -0.1) is 0 Å². The first kappa shape index (κ1) is 18.2. The van der Waals surface area contributed by atoms with Crippen molar-refractivity contribution in [3.8, 4) is 0 Å². The van der Waals surface area contributed by atoms with Gasteiger partial charge in [-0.05, 0) is 6.92 Å². The fraction of sp³-hybridized carbons (Fsp3) is 0.636. The van der Waals surface area contributed by atoms with Crippen LogP contribution >= 0.6 is 7.82 Å². The molecule has 3 rings (SSSR count). The molecule has 1 unspecified atom stereocenters. The summed E-state index contributed by atoms with van der Waals surface area (Å²) in [6, 6.07) is 0. The summed E-state index contributed by atoms with van der Waals surface area (Å²) < 4.78 is 21.8. The van der Waals surface area contributed by atoms with Gasteiger partial charge >= 0.3 is 7.82 Å². The second kappa shape index (κ2) is 6.00. The second-order valence-electron chi connectivity index (χ2n) is 5.82. The SMILES string of the molecule is CC1(O)N=C(N)Nc2c1ncn2[C@@H]1O[C@H](COP(=O)(O)O)[C@@H](O)[C@H]1O. The highest BCUT2D eigenvalue weighted by Crippen LogP contribution is 2.40. The van der Waals surface area contributed by atoms with Crippen LogP contribution in [0.3, 0.4) is 0 Å². The van der Waals surface area contributed by atoms with E-state index in [1.165, 1.54) is 17.8 Å². The van der Waals surface area contributed by atoms with Gasteiger partial charge in [0.05, 0.1) is 12.9 Å². The first-order valence-electron chi connectivity index (χ1n) is 7.13. The number of ether oxygens (including phenoxy) is 1. The van der Waals surface area contributed by atoms with Crippen LogP contribution in [0.5, 0.6) is 0 Å². The van der Waals surface area contributed by atoms with Gasteiger partial charge in [0.15, 0.2) is 12.2 Å². The van der Waals surface area contributed by atoms with Gasteiger partial charge in [0, 0.05) is 0 Å². The molecule has 0 amide bonds. The summed E-state index contributed by atoms with van der Waals surface area (Å²) >= 11 is 0. The first-order valence-corrected chi connectivity index (χ1v) is 8.66. The minimum Gasteiger partial charge on any atom is -0.387 e. The molecule has 1 aromatic heterocycles. The van der Waals surface area contributed by atoms with E-state index in [1.807, 2.05) is 0 Å². The van der Waals surface area contributed by atoms with Gasteiger partial charge in [0.2, 0.25) is 5.72 Å². The van der Waals surface area contributed by atoms with Crippen LogP contribution in [0, 0.1) is 0 Å². The smallest absolute Gasteiger partial charge is 0.387 e. The van der Waals surface area contributed by atoms with Crippen LogP contribution in [0.4, 0.5) is 5.82 Å². The normalized spacial score (nSPS) is 35.2. The molecule has 0 aromatic carbocycles. The molecule has 14 heteroatoms. The number of phosphoric ester groups is 1. The monoisotopic (exact) mass is 379 g/mol. The molecule has 0 bridgehead atoms. The van der Waals surface area contributed by atoms with E-state index in [1.54, 1.807) is 0 Å². The maximum absolute atomic E-state index is 10.8. The molecule has 1 aromatic rings. The molecule has 3 heterocycles. The van der Waals surface area contributed by atoms with Crippen molar-refractivity contribution in [3.05, 3.63) is 12.0 Å². The Bertz CT molecular complexity index is 745. The molecule has 0 spiro atoms. The first-order chi connectivity index (χ1) is 11.5. The number of nitrogens with two attached hydrogens (primary N) is 1. The highest BCUT2D eigenvalue weighted by Gasteiger charge is 2.46. The van der Waals surface area contributed by atoms with Gasteiger partial charge in [0.25, 0.3) is 0 Å². The zero-order valence-corrected chi connectivity index (χ0v) is 13.8. The number of hydrogen-bond acceptors (Lipinski definition) is 10. The zero-order valence-electron chi connectivity index (χ0n) is 12.9. The summed E-state index contributed by atoms with van der Waals surface area (Å²) in [5, 5.41) is 33.2. The van der Waals surface area contributed by atoms with Gasteiger partial charge in [-0.3, -0.25) is 9.09 Å². The van der Waals surface area contributed by atoms with E-state index < -0.39 is 44.7 Å². The van der Waals surface area contributed by atoms with Crippen molar-refractivity contribution >= 4 is 19.6 Å². The maximum atomic E-state index is 10.8. The molecule has 140 valence electrons. The standard InChI is InChI=1S/C11H18N5O8P/c1-11(19)7-8(14-10(12)15-11)16(3-13-7)9-6(18)5(17)4(24-9)2-23-25(20,21)22/h3-6,9,17-19H,2H2,1H3,(H3,12,14,15)(H2,20,21,22)/t4-,5-,6-,9-,11?/m1/s1. The summed E-state index contributed by atoms with van der Waals surface area (Å²) in [7, 11) is -4.76. The lowest BCUT2D eigenvalue weighted by Crippen LogP contribution is -2.37. The molecule has 0 aliphatic carbocycles. The topological polar surface area (TPSA) is 205 Å². The van der Waals surface area contributed by atoms with Crippen molar-refractivity contribution in [2.75, 3.05) is 11.9 Å². The Morgan fingerprint density at radius 3 is 2.80 bits per heavy atom. The molecular weight excluding hydrogens is 361 g/mol. The van der Waals surface area contributed by atoms with Crippen molar-refractivity contribution in [1.82, 2.24) is 9.55 Å². The minimum absolute atomic E-state index is 0.0892. The zero-order chi connectivity index (χ0) is 18.6. The molecule has 25 heavy (non-hydrogen) atoms. The lowest BCUT2D eigenvalue weighted by Gasteiger charge is -2.26. The van der Waals surface area contributed by atoms with Gasteiger partial charge in [-0.1, -0.05) is 0 Å². The molecule has 1 saturated heterocycles. The second-order valence-corrected chi connectivity index (χ2v) is 7.06. The van der Waals surface area contributed by atoms with Gasteiger partial charge in [-0.2, -0.15) is 0 Å². The molecule has 5 atom stereocenters. The predicted octanol–water partition coefficient (Wildman–Crippen LogP) is -2.48. The number of nitrogens with zero attached hydrogens (tertiary/aromatic N) is 3. The Hall–Kier alpha value is -1.57. The Morgan fingerprint density at radius 2 is 2.16 bits per heavy atom. The van der Waals surface area contributed by atoms with Gasteiger partial charge in [-0.25, -0.2) is 14.5 Å². The number of aliphatic imine (C=N–C) groups is 1. The number of rotatable bonds is 4. The highest BCUT2D eigenvalue weighted by atomic mass is 31.2. The van der Waals surface area contributed by atoms with E-state index in [2.05, 4.69) is 19.8 Å². The minimum atomic E-state index is -4.76. The van der Waals surface area contributed by atoms with Crippen LogP contribution < -0.4 is 11.1 Å². The van der Waals surface area contributed by atoms with Gasteiger partial charge < -0.3 is 40.9 Å². The van der Waals surface area contributed by atoms with Crippen molar-refractivity contribution in [2.24, 2.45) is 10.7 Å². The lowest BCUT2D eigenvalue weighted by molar-refractivity contribution is -0.0512. The van der Waals surface area contributed by atoms with E-state index in [4.69, 9.17) is 20.3 Å². The Labute approximate surface area is 141 Å². The third-order valence-corrected chi connectivity index (χ3v) is 4.33. The highest BCUT2D eigenvalue weighted by molar-refractivity contribution is 7.46. The molecule has 0 saturated carbocycles. The lowest BCUT2D eigenvalue weighted by atomic mass is 10.1. The number of hydrogen-bond donors (Lipinski definition) is 7. The number of nitrogens with one attached hydrogen (secondary N) is 1. The average Bonchev–Trinajstić information content (AvgIpc) is 2.99. The van der Waals surface area contributed by atoms with E-state index in [-0.39, 0.29) is 17.5 Å². The van der Waals surface area contributed by atoms with Crippen molar-refractivity contribution in [3.63, 3.8) is 0 Å². The Balaban J connectivity index is 1.84. The third kappa shape index (κ3) is 3.41. The number of imidazole rings is 1. The molecule has 13 nitrogen and oxygen atoms in total. The van der Waals surface area contributed by atoms with E-state index in [0.29, 0.717) is 0 Å². The molecule has 2 aliphatic heterocycles. The van der Waals surface area contributed by atoms with Crippen molar-refractivity contribution in [2.45, 2.75) is 37.2 Å². The summed E-state index contributed by atoms with van der Waals surface area (Å²) in [4.78, 5) is 25.3.